The van der Waals surface area contributed by atoms with E-state index in [1.807, 2.05) is 0 Å². The van der Waals surface area contributed by atoms with Crippen molar-refractivity contribution in [1.82, 2.24) is 5.32 Å². The van der Waals surface area contributed by atoms with Crippen LogP contribution in [0.2, 0.25) is 0 Å². The van der Waals surface area contributed by atoms with Gasteiger partial charge < -0.3 is 20.6 Å². The van der Waals surface area contributed by atoms with Crippen LogP contribution in [0.25, 0.3) is 0 Å². The van der Waals surface area contributed by atoms with Gasteiger partial charge in [0.05, 0.1) is 0 Å². The molecule has 0 fully saturated rings. The van der Waals surface area contributed by atoms with E-state index in [0.717, 1.165) is 6.07 Å². The van der Waals surface area contributed by atoms with Crippen LogP contribution in [-0.2, 0) is 9.59 Å². The quantitative estimate of drug-likeness (QED) is 0.537. The molecule has 0 atom stereocenters. The third-order valence-corrected chi connectivity index (χ3v) is 1.92. The molecule has 0 unspecified atom stereocenters. The normalized spacial score (nSPS) is 10.4. The molecule has 0 radical (unpaired) electrons. The lowest BCUT2D eigenvalue weighted by Crippen LogP contribution is -2.30. The standard InChI is InChI=1S/C11H12N2O5/c14-8-2-1-7(9(15)3-8)4-12-5-10(16)13-6-11(17)18/h1-4,14-15H,5-6H2,(H,13,16)(H,17,18). The number of benzene rings is 1. The SMILES string of the molecule is O=C(O)CNC(=O)CN=Cc1ccc(O)cc1O. The van der Waals surface area contributed by atoms with Gasteiger partial charge in [0.25, 0.3) is 0 Å². The van der Waals surface area contributed by atoms with Crippen molar-refractivity contribution >= 4 is 18.1 Å². The topological polar surface area (TPSA) is 119 Å². The Kier molecular flexibility index (Phi) is 4.67. The molecule has 7 nitrogen and oxygen atoms in total. The zero-order chi connectivity index (χ0) is 13.5. The zero-order valence-electron chi connectivity index (χ0n) is 9.33. The summed E-state index contributed by atoms with van der Waals surface area (Å²) >= 11 is 0. The Balaban J connectivity index is 2.49. The van der Waals surface area contributed by atoms with Crippen molar-refractivity contribution in [3.05, 3.63) is 23.8 Å². The first-order chi connectivity index (χ1) is 8.49. The molecule has 0 aliphatic heterocycles. The average Bonchev–Trinajstić information content (AvgIpc) is 2.29. The molecule has 1 aromatic carbocycles. The van der Waals surface area contributed by atoms with Gasteiger partial charge in [-0.15, -0.1) is 0 Å². The number of carbonyl (C=O) groups is 2. The molecule has 96 valence electrons. The maximum absolute atomic E-state index is 11.1. The summed E-state index contributed by atoms with van der Waals surface area (Å²) in [4.78, 5) is 25.0. The molecular formula is C11H12N2O5. The molecule has 0 heterocycles. The maximum atomic E-state index is 11.1. The third kappa shape index (κ3) is 4.52. The molecule has 0 spiro atoms. The Labute approximate surface area is 102 Å². The molecule has 1 rings (SSSR count). The van der Waals surface area contributed by atoms with Crippen LogP contribution in [0.4, 0.5) is 0 Å². The number of aromatic hydroxyl groups is 2. The van der Waals surface area contributed by atoms with Gasteiger partial charge in [0, 0.05) is 17.8 Å². The van der Waals surface area contributed by atoms with E-state index in [1.54, 1.807) is 0 Å². The van der Waals surface area contributed by atoms with Gasteiger partial charge in [0.1, 0.15) is 24.6 Å². The van der Waals surface area contributed by atoms with Crippen molar-refractivity contribution in [3.8, 4) is 11.5 Å². The lowest BCUT2D eigenvalue weighted by atomic mass is 10.2. The number of carboxylic acids is 1. The predicted molar refractivity (Wildman–Crippen MR) is 62.9 cm³/mol. The van der Waals surface area contributed by atoms with Crippen molar-refractivity contribution in [2.24, 2.45) is 4.99 Å². The Morgan fingerprint density at radius 2 is 2.06 bits per heavy atom. The second-order valence-corrected chi connectivity index (χ2v) is 3.38. The van der Waals surface area contributed by atoms with Crippen molar-refractivity contribution < 1.29 is 24.9 Å². The first-order valence-corrected chi connectivity index (χ1v) is 4.99. The predicted octanol–water partition coefficient (Wildman–Crippen LogP) is -0.282. The number of aliphatic imine (C=N–C) groups is 1. The Bertz CT molecular complexity index is 484. The molecule has 0 aliphatic rings. The molecule has 1 aromatic rings. The number of rotatable bonds is 5. The first-order valence-electron chi connectivity index (χ1n) is 4.99. The third-order valence-electron chi connectivity index (χ3n) is 1.92. The highest BCUT2D eigenvalue weighted by Crippen LogP contribution is 2.20. The lowest BCUT2D eigenvalue weighted by Gasteiger charge is -2.00. The molecule has 0 aromatic heterocycles. The van der Waals surface area contributed by atoms with Gasteiger partial charge in [-0.2, -0.15) is 0 Å². The van der Waals surface area contributed by atoms with Gasteiger partial charge in [0.2, 0.25) is 5.91 Å². The summed E-state index contributed by atoms with van der Waals surface area (Å²) in [6.07, 6.45) is 1.26. The van der Waals surface area contributed by atoms with E-state index in [9.17, 15) is 14.7 Å². The van der Waals surface area contributed by atoms with E-state index in [4.69, 9.17) is 10.2 Å². The first kappa shape index (κ1) is 13.5. The number of phenolic OH excluding ortho intramolecular Hbond substituents is 2. The maximum Gasteiger partial charge on any atom is 0.322 e. The lowest BCUT2D eigenvalue weighted by molar-refractivity contribution is -0.137. The van der Waals surface area contributed by atoms with Crippen LogP contribution in [0.15, 0.2) is 23.2 Å². The van der Waals surface area contributed by atoms with Crippen molar-refractivity contribution in [2.45, 2.75) is 0 Å². The number of amides is 1. The second kappa shape index (κ2) is 6.24. The van der Waals surface area contributed by atoms with Crippen LogP contribution in [0.5, 0.6) is 11.5 Å². The van der Waals surface area contributed by atoms with E-state index in [1.165, 1.54) is 18.3 Å². The minimum Gasteiger partial charge on any atom is -0.508 e. The van der Waals surface area contributed by atoms with Crippen molar-refractivity contribution in [3.63, 3.8) is 0 Å². The van der Waals surface area contributed by atoms with Crippen LogP contribution in [0.3, 0.4) is 0 Å². The highest BCUT2D eigenvalue weighted by Gasteiger charge is 2.02. The number of carbonyl (C=O) groups excluding carboxylic acids is 1. The smallest absolute Gasteiger partial charge is 0.322 e. The fraction of sp³-hybridized carbons (Fsp3) is 0.182. The number of carboxylic acid groups (broad SMARTS) is 1. The minimum atomic E-state index is -1.14. The van der Waals surface area contributed by atoms with E-state index < -0.39 is 18.4 Å². The second-order valence-electron chi connectivity index (χ2n) is 3.38. The van der Waals surface area contributed by atoms with Crippen LogP contribution in [0, 0.1) is 0 Å². The van der Waals surface area contributed by atoms with Gasteiger partial charge in [-0.1, -0.05) is 0 Å². The summed E-state index contributed by atoms with van der Waals surface area (Å²) in [5.74, 6) is -1.91. The van der Waals surface area contributed by atoms with Crippen molar-refractivity contribution in [2.75, 3.05) is 13.1 Å². The summed E-state index contributed by atoms with van der Waals surface area (Å²) in [5, 5.41) is 28.9. The monoisotopic (exact) mass is 252 g/mol. The molecule has 7 heteroatoms. The van der Waals surface area contributed by atoms with Gasteiger partial charge in [-0.05, 0) is 12.1 Å². The average molecular weight is 252 g/mol. The van der Waals surface area contributed by atoms with Crippen LogP contribution < -0.4 is 5.32 Å². The van der Waals surface area contributed by atoms with Crippen molar-refractivity contribution in [1.29, 1.82) is 0 Å². The van der Waals surface area contributed by atoms with E-state index in [-0.39, 0.29) is 18.0 Å². The summed E-state index contributed by atoms with van der Waals surface area (Å²) in [6.45, 7) is -0.702. The highest BCUT2D eigenvalue weighted by atomic mass is 16.4. The molecule has 0 aliphatic carbocycles. The van der Waals surface area contributed by atoms with Gasteiger partial charge in [-0.3, -0.25) is 14.6 Å². The van der Waals surface area contributed by atoms with Gasteiger partial charge in [-0.25, -0.2) is 0 Å². The number of nitrogens with one attached hydrogen (secondary N) is 1. The number of phenols is 2. The Morgan fingerprint density at radius 1 is 1.33 bits per heavy atom. The highest BCUT2D eigenvalue weighted by molar-refractivity contribution is 5.87. The molecule has 0 saturated carbocycles. The zero-order valence-corrected chi connectivity index (χ0v) is 9.33. The summed E-state index contributed by atoms with van der Waals surface area (Å²) < 4.78 is 0. The Hall–Kier alpha value is -2.57. The van der Waals surface area contributed by atoms with E-state index >= 15 is 0 Å². The van der Waals surface area contributed by atoms with E-state index in [0.29, 0.717) is 5.56 Å². The molecule has 0 bridgehead atoms. The molecule has 0 saturated heterocycles. The molecule has 18 heavy (non-hydrogen) atoms. The fourth-order valence-corrected chi connectivity index (χ4v) is 1.10. The van der Waals surface area contributed by atoms with Crippen LogP contribution >= 0.6 is 0 Å². The minimum absolute atomic E-state index is 0.0798. The number of hydrogen-bond acceptors (Lipinski definition) is 5. The Morgan fingerprint density at radius 3 is 2.67 bits per heavy atom. The summed E-state index contributed by atoms with van der Waals surface area (Å²) in [6, 6.07) is 3.95. The number of nitrogens with zero attached hydrogens (tertiary/aromatic N) is 1. The number of aliphatic carboxylic acids is 1. The van der Waals surface area contributed by atoms with Crippen LogP contribution in [-0.4, -0.2) is 46.5 Å². The van der Waals surface area contributed by atoms with Gasteiger partial charge in [0.15, 0.2) is 0 Å². The molecule has 4 N–H and O–H groups in total. The van der Waals surface area contributed by atoms with E-state index in [2.05, 4.69) is 10.3 Å². The van der Waals surface area contributed by atoms with Gasteiger partial charge >= 0.3 is 5.97 Å². The number of hydrogen-bond donors (Lipinski definition) is 4. The summed E-state index contributed by atoms with van der Waals surface area (Å²) in [7, 11) is 0. The molecule has 1 amide bonds. The fourth-order valence-electron chi connectivity index (χ4n) is 1.10. The largest absolute Gasteiger partial charge is 0.508 e. The van der Waals surface area contributed by atoms with Crippen LogP contribution in [0.1, 0.15) is 5.56 Å². The molecular weight excluding hydrogens is 240 g/mol. The summed E-state index contributed by atoms with van der Waals surface area (Å²) in [5.41, 5.74) is 0.346.